The molecule has 0 N–H and O–H groups in total. The van der Waals surface area contributed by atoms with Gasteiger partial charge >= 0.3 is 82.6 Å². The van der Waals surface area contributed by atoms with E-state index in [2.05, 4.69) is 6.07 Å². The molecular formula is C11H17AsO. The zero-order valence-corrected chi connectivity index (χ0v) is 10.6. The van der Waals surface area contributed by atoms with Crippen molar-refractivity contribution in [2.45, 2.75) is 31.2 Å². The Morgan fingerprint density at radius 3 is 2.38 bits per heavy atom. The average Bonchev–Trinajstić information content (AvgIpc) is 2.04. The van der Waals surface area contributed by atoms with Crippen molar-refractivity contribution in [1.82, 2.24) is 0 Å². The molecule has 0 saturated carbocycles. The molecule has 0 heterocycles. The number of hydrogen-bond donors (Lipinski definition) is 0. The van der Waals surface area contributed by atoms with Gasteiger partial charge in [-0.2, -0.15) is 0 Å². The second kappa shape index (κ2) is 3.75. The third kappa shape index (κ3) is 2.28. The Morgan fingerprint density at radius 2 is 1.92 bits per heavy atom. The van der Waals surface area contributed by atoms with Gasteiger partial charge in [0.2, 0.25) is 0 Å². The number of rotatable bonds is 2. The van der Waals surface area contributed by atoms with Crippen molar-refractivity contribution in [2.75, 3.05) is 0 Å². The topological polar surface area (TPSA) is 17.1 Å². The predicted molar refractivity (Wildman–Crippen MR) is 58.2 cm³/mol. The summed E-state index contributed by atoms with van der Waals surface area (Å²) in [6.45, 7) is 6.13. The van der Waals surface area contributed by atoms with Gasteiger partial charge in [-0.1, -0.05) is 0 Å². The minimum atomic E-state index is -2.79. The zero-order chi connectivity index (χ0) is 10.1. The summed E-state index contributed by atoms with van der Waals surface area (Å²) in [7, 11) is 0. The number of aryl methyl sites for hydroxylation is 1. The van der Waals surface area contributed by atoms with Gasteiger partial charge in [-0.25, -0.2) is 0 Å². The quantitative estimate of drug-likeness (QED) is 0.726. The number of benzene rings is 1. The summed E-state index contributed by atoms with van der Waals surface area (Å²) in [4.78, 5) is 0. The van der Waals surface area contributed by atoms with Gasteiger partial charge in [0, 0.05) is 0 Å². The normalized spacial score (nSPS) is 15.8. The van der Waals surface area contributed by atoms with Crippen LogP contribution in [0.3, 0.4) is 0 Å². The summed E-state index contributed by atoms with van der Waals surface area (Å²) in [5.74, 6) is 0. The Kier molecular flexibility index (Phi) is 3.08. The Morgan fingerprint density at radius 1 is 1.31 bits per heavy atom. The van der Waals surface area contributed by atoms with E-state index < -0.39 is 13.5 Å². The van der Waals surface area contributed by atoms with Crippen LogP contribution >= 0.6 is 0 Å². The van der Waals surface area contributed by atoms with Crippen LogP contribution in [0, 0.1) is 6.92 Å². The SMILES string of the molecule is Cc1cccc([As](C)(=O)C(C)C)c1. The van der Waals surface area contributed by atoms with Crippen LogP contribution in [0.1, 0.15) is 19.4 Å². The van der Waals surface area contributed by atoms with Crippen LogP contribution in [0.5, 0.6) is 0 Å². The molecule has 0 spiro atoms. The third-order valence-corrected chi connectivity index (χ3v) is 9.37. The van der Waals surface area contributed by atoms with E-state index in [4.69, 9.17) is 0 Å². The summed E-state index contributed by atoms with van der Waals surface area (Å²) in [5, 5.41) is 0. The number of hydrogen-bond acceptors (Lipinski definition) is 1. The van der Waals surface area contributed by atoms with Crippen LogP contribution in [0.25, 0.3) is 0 Å². The molecule has 0 aliphatic rings. The van der Waals surface area contributed by atoms with Gasteiger partial charge in [0.05, 0.1) is 0 Å². The maximum absolute atomic E-state index is 12.3. The van der Waals surface area contributed by atoms with Crippen LogP contribution < -0.4 is 4.35 Å². The van der Waals surface area contributed by atoms with Gasteiger partial charge in [0.1, 0.15) is 0 Å². The predicted octanol–water partition coefficient (Wildman–Crippen LogP) is 2.62. The molecule has 1 nitrogen and oxygen atoms in total. The molecule has 1 aromatic rings. The molecule has 72 valence electrons. The molecule has 0 fully saturated rings. The van der Waals surface area contributed by atoms with Crippen molar-refractivity contribution in [3.63, 3.8) is 0 Å². The van der Waals surface area contributed by atoms with E-state index in [9.17, 15) is 3.74 Å². The molecule has 0 amide bonds. The standard InChI is InChI=1S/C11H17AsO/c1-9(2)12(4,13)11-7-5-6-10(3)8-11/h5-9H,1-4H3. The monoisotopic (exact) mass is 240 g/mol. The van der Waals surface area contributed by atoms with Crippen molar-refractivity contribution < 1.29 is 3.74 Å². The molecule has 0 aliphatic heterocycles. The molecule has 0 saturated heterocycles. The van der Waals surface area contributed by atoms with Crippen molar-refractivity contribution >= 4 is 17.8 Å². The third-order valence-electron chi connectivity index (χ3n) is 2.50. The van der Waals surface area contributed by atoms with E-state index in [1.54, 1.807) is 0 Å². The van der Waals surface area contributed by atoms with Crippen LogP contribution in [-0.2, 0) is 3.74 Å². The van der Waals surface area contributed by atoms with Crippen molar-refractivity contribution in [2.24, 2.45) is 0 Å². The molecule has 2 heteroatoms. The summed E-state index contributed by atoms with van der Waals surface area (Å²) >= 11 is -2.79. The first-order valence-corrected chi connectivity index (χ1v) is 9.25. The first kappa shape index (κ1) is 10.7. The molecule has 1 atom stereocenters. The van der Waals surface area contributed by atoms with Crippen molar-refractivity contribution in [3.05, 3.63) is 29.8 Å². The molecular weight excluding hydrogens is 223 g/mol. The second-order valence-electron chi connectivity index (χ2n) is 3.92. The summed E-state index contributed by atoms with van der Waals surface area (Å²) in [6.07, 6.45) is 0. The molecule has 0 aliphatic carbocycles. The van der Waals surface area contributed by atoms with Crippen molar-refractivity contribution in [1.29, 1.82) is 0 Å². The fraction of sp³-hybridized carbons (Fsp3) is 0.455. The van der Waals surface area contributed by atoms with E-state index in [-0.39, 0.29) is 0 Å². The molecule has 1 aromatic carbocycles. The zero-order valence-electron chi connectivity index (χ0n) is 8.74. The van der Waals surface area contributed by atoms with E-state index in [0.29, 0.717) is 4.71 Å². The van der Waals surface area contributed by atoms with Crippen LogP contribution in [-0.4, -0.2) is 13.5 Å². The summed E-state index contributed by atoms with van der Waals surface area (Å²) < 4.78 is 13.7. The van der Waals surface area contributed by atoms with Gasteiger partial charge in [0.15, 0.2) is 0 Å². The minimum absolute atomic E-state index is 0.292. The fourth-order valence-corrected chi connectivity index (χ4v) is 4.22. The first-order chi connectivity index (χ1) is 5.94. The Balaban J connectivity index is 3.15. The average molecular weight is 240 g/mol. The van der Waals surface area contributed by atoms with Gasteiger partial charge in [-0.3, -0.25) is 0 Å². The van der Waals surface area contributed by atoms with Gasteiger partial charge < -0.3 is 0 Å². The van der Waals surface area contributed by atoms with Crippen molar-refractivity contribution in [3.8, 4) is 0 Å². The van der Waals surface area contributed by atoms with E-state index in [1.165, 1.54) is 5.56 Å². The van der Waals surface area contributed by atoms with E-state index in [1.807, 2.05) is 44.7 Å². The Hall–Kier alpha value is -0.422. The van der Waals surface area contributed by atoms with Crippen LogP contribution in [0.4, 0.5) is 0 Å². The Bertz CT molecular complexity index is 342. The van der Waals surface area contributed by atoms with Crippen LogP contribution in [0.15, 0.2) is 24.3 Å². The van der Waals surface area contributed by atoms with Gasteiger partial charge in [-0.05, 0) is 0 Å². The first-order valence-electron chi connectivity index (χ1n) is 4.59. The molecule has 0 bridgehead atoms. The van der Waals surface area contributed by atoms with E-state index >= 15 is 0 Å². The second-order valence-corrected chi connectivity index (χ2v) is 11.3. The van der Waals surface area contributed by atoms with Gasteiger partial charge in [0.25, 0.3) is 0 Å². The maximum atomic E-state index is 12.3. The molecule has 1 rings (SSSR count). The molecule has 13 heavy (non-hydrogen) atoms. The fourth-order valence-electron chi connectivity index (χ4n) is 1.20. The molecule has 0 radical (unpaired) electrons. The van der Waals surface area contributed by atoms with Crippen LogP contribution in [0.2, 0.25) is 10.4 Å². The Labute approximate surface area is 82.8 Å². The van der Waals surface area contributed by atoms with Gasteiger partial charge in [-0.15, -0.1) is 0 Å². The molecule has 1 unspecified atom stereocenters. The summed E-state index contributed by atoms with van der Waals surface area (Å²) in [5.41, 5.74) is 3.12. The molecule has 0 aromatic heterocycles. The van der Waals surface area contributed by atoms with E-state index in [0.717, 1.165) is 4.35 Å². The summed E-state index contributed by atoms with van der Waals surface area (Å²) in [6, 6.07) is 8.08.